The molecule has 2 heterocycles. The van der Waals surface area contributed by atoms with Crippen LogP contribution in [0.15, 0.2) is 16.7 Å². The lowest BCUT2D eigenvalue weighted by atomic mass is 9.98. The van der Waals surface area contributed by atoms with Crippen molar-refractivity contribution in [3.8, 4) is 0 Å². The van der Waals surface area contributed by atoms with Gasteiger partial charge in [-0.15, -0.1) is 0 Å². The number of carbonyl (C=O) groups excluding carboxylic acids is 1. The lowest BCUT2D eigenvalue weighted by Crippen LogP contribution is -2.31. The zero-order chi connectivity index (χ0) is 23.6. The predicted octanol–water partition coefficient (Wildman–Crippen LogP) is 4.98. The number of aliphatic hydroxyl groups is 1. The molecule has 1 saturated heterocycles. The summed E-state index contributed by atoms with van der Waals surface area (Å²) in [4.78, 5) is 14.7. The molecular weight excluding hydrogens is 524 g/mol. The molecule has 176 valence electrons. The Morgan fingerprint density at radius 3 is 2.56 bits per heavy atom. The second-order valence-electron chi connectivity index (χ2n) is 9.15. The van der Waals surface area contributed by atoms with E-state index >= 15 is 0 Å². The molecule has 6 nitrogen and oxygen atoms in total. The summed E-state index contributed by atoms with van der Waals surface area (Å²) in [5.74, 6) is -1.84. The first-order chi connectivity index (χ1) is 15.0. The Morgan fingerprint density at radius 2 is 1.97 bits per heavy atom. The van der Waals surface area contributed by atoms with Gasteiger partial charge < -0.3 is 9.84 Å². The zero-order valence-electron chi connectivity index (χ0n) is 18.3. The van der Waals surface area contributed by atoms with E-state index in [1.165, 1.54) is 0 Å². The van der Waals surface area contributed by atoms with Gasteiger partial charge in [-0.1, -0.05) is 31.2 Å². The summed E-state index contributed by atoms with van der Waals surface area (Å²) in [6.07, 6.45) is 0.700. The first-order valence-electron chi connectivity index (χ1n) is 10.4. The second-order valence-corrected chi connectivity index (χ2v) is 15.9. The number of hydrogen-bond acceptors (Lipinski definition) is 4. The number of benzene rings is 1. The summed E-state index contributed by atoms with van der Waals surface area (Å²) in [7, 11) is -1.25. The van der Waals surface area contributed by atoms with Crippen LogP contribution in [0.25, 0.3) is 0 Å². The number of halogens is 4. The first-order valence-corrected chi connectivity index (χ1v) is 15.3. The van der Waals surface area contributed by atoms with Gasteiger partial charge in [0.2, 0.25) is 5.91 Å². The van der Waals surface area contributed by atoms with E-state index in [9.17, 15) is 18.7 Å². The van der Waals surface area contributed by atoms with Gasteiger partial charge in [0, 0.05) is 27.1 Å². The van der Waals surface area contributed by atoms with Crippen LogP contribution in [0.4, 0.5) is 14.6 Å². The molecule has 2 aromatic rings. The van der Waals surface area contributed by atoms with Gasteiger partial charge in [0.15, 0.2) is 0 Å². The summed E-state index contributed by atoms with van der Waals surface area (Å²) in [6, 6.07) is 3.32. The minimum atomic E-state index is -1.25. The van der Waals surface area contributed by atoms with Gasteiger partial charge in [-0.25, -0.2) is 13.5 Å². The molecule has 1 unspecified atom stereocenters. The Labute approximate surface area is 200 Å². The molecule has 1 aliphatic rings. The fourth-order valence-electron chi connectivity index (χ4n) is 3.67. The van der Waals surface area contributed by atoms with Crippen LogP contribution in [-0.2, 0) is 29.3 Å². The van der Waals surface area contributed by atoms with E-state index in [-0.39, 0.29) is 25.7 Å². The molecule has 1 amide bonds. The fraction of sp³-hybridized carbons (Fsp3) is 0.524. The quantitative estimate of drug-likeness (QED) is 0.272. The third kappa shape index (κ3) is 5.77. The number of amides is 1. The summed E-state index contributed by atoms with van der Waals surface area (Å²) in [5, 5.41) is 13.7. The number of aliphatic hydroxyl groups excluding tert-OH is 1. The second kappa shape index (κ2) is 10.3. The van der Waals surface area contributed by atoms with Crippen LogP contribution < -0.4 is 4.90 Å². The third-order valence-corrected chi connectivity index (χ3v) is 8.14. The highest BCUT2D eigenvalue weighted by molar-refractivity contribution is 9.10. The van der Waals surface area contributed by atoms with Gasteiger partial charge in [-0.3, -0.25) is 9.69 Å². The number of nitrogens with zero attached hydrogens (tertiary/aromatic N) is 3. The monoisotopic (exact) mass is 549 g/mol. The highest BCUT2D eigenvalue weighted by Crippen LogP contribution is 2.34. The van der Waals surface area contributed by atoms with E-state index < -0.39 is 30.6 Å². The van der Waals surface area contributed by atoms with Crippen molar-refractivity contribution in [1.82, 2.24) is 9.78 Å². The predicted molar refractivity (Wildman–Crippen MR) is 125 cm³/mol. The molecule has 1 aromatic carbocycles. The Morgan fingerprint density at radius 1 is 1.31 bits per heavy atom. The Balaban J connectivity index is 1.77. The largest absolute Gasteiger partial charge is 0.391 e. The minimum Gasteiger partial charge on any atom is -0.391 e. The molecule has 0 saturated carbocycles. The van der Waals surface area contributed by atoms with Crippen LogP contribution in [0.5, 0.6) is 0 Å². The van der Waals surface area contributed by atoms with Crippen LogP contribution >= 0.6 is 27.5 Å². The van der Waals surface area contributed by atoms with Crippen LogP contribution in [0.1, 0.15) is 17.5 Å². The Hall–Kier alpha value is -1.33. The molecule has 1 aromatic heterocycles. The van der Waals surface area contributed by atoms with E-state index in [2.05, 4.69) is 40.7 Å². The number of aromatic nitrogens is 2. The van der Waals surface area contributed by atoms with E-state index in [1.54, 1.807) is 9.58 Å². The lowest BCUT2D eigenvalue weighted by molar-refractivity contribution is -0.120. The number of rotatable bonds is 9. The zero-order valence-corrected chi connectivity index (χ0v) is 21.6. The maximum atomic E-state index is 13.8. The maximum absolute atomic E-state index is 13.8. The molecule has 3 rings (SSSR count). The summed E-state index contributed by atoms with van der Waals surface area (Å²) >= 11 is 8.91. The van der Waals surface area contributed by atoms with Crippen molar-refractivity contribution in [3.63, 3.8) is 0 Å². The SMILES string of the molecule is C[Si](C)(C)CCOCn1nc(Br)c(CO)c1N1CCC(Cc2cc(F)c(Cl)c(F)c2)C1=O. The fourth-order valence-corrected chi connectivity index (χ4v) is 5.03. The molecule has 1 atom stereocenters. The molecule has 1 aliphatic heterocycles. The molecule has 0 aliphatic carbocycles. The number of anilines is 1. The third-order valence-electron chi connectivity index (χ3n) is 5.44. The lowest BCUT2D eigenvalue weighted by Gasteiger charge is -2.21. The van der Waals surface area contributed by atoms with Crippen molar-refractivity contribution in [3.05, 3.63) is 44.5 Å². The van der Waals surface area contributed by atoms with Gasteiger partial charge in [-0.05, 0) is 52.5 Å². The van der Waals surface area contributed by atoms with Gasteiger partial charge in [-0.2, -0.15) is 5.10 Å². The molecule has 11 heteroatoms. The van der Waals surface area contributed by atoms with Crippen LogP contribution in [0, 0.1) is 17.6 Å². The van der Waals surface area contributed by atoms with Crippen molar-refractivity contribution < 1.29 is 23.4 Å². The molecule has 1 fully saturated rings. The molecule has 0 spiro atoms. The highest BCUT2D eigenvalue weighted by atomic mass is 79.9. The Bertz CT molecular complexity index is 976. The average molecular weight is 551 g/mol. The number of carbonyl (C=O) groups is 1. The van der Waals surface area contributed by atoms with Crippen molar-refractivity contribution in [2.24, 2.45) is 5.92 Å². The Kier molecular flexibility index (Phi) is 8.14. The number of hydrogen-bond donors (Lipinski definition) is 1. The van der Waals surface area contributed by atoms with Gasteiger partial charge in [0.25, 0.3) is 0 Å². The first kappa shape index (κ1) is 25.3. The standard InChI is InChI=1S/C21H27BrClF2N3O3Si/c1-32(2,3)7-6-31-12-28-20(15(11-29)19(22)26-28)27-5-4-14(21(27)30)8-13-9-16(24)18(23)17(25)10-13/h9-10,14,29H,4-8,11-12H2,1-3H3. The summed E-state index contributed by atoms with van der Waals surface area (Å²) < 4.78 is 35.4. The van der Waals surface area contributed by atoms with Crippen molar-refractivity contribution >= 4 is 47.3 Å². The molecule has 0 radical (unpaired) electrons. The van der Waals surface area contributed by atoms with Crippen LogP contribution in [0.2, 0.25) is 30.7 Å². The number of ether oxygens (including phenoxy) is 1. The molecule has 1 N–H and O–H groups in total. The molecular formula is C21H27BrClF2N3O3Si. The van der Waals surface area contributed by atoms with E-state index in [0.29, 0.717) is 41.1 Å². The van der Waals surface area contributed by atoms with Crippen molar-refractivity contribution in [2.45, 2.75) is 51.9 Å². The maximum Gasteiger partial charge on any atom is 0.231 e. The summed E-state index contributed by atoms with van der Waals surface area (Å²) in [6.45, 7) is 7.63. The molecule has 32 heavy (non-hydrogen) atoms. The normalized spacial score (nSPS) is 16.9. The summed E-state index contributed by atoms with van der Waals surface area (Å²) in [5.41, 5.74) is 0.868. The van der Waals surface area contributed by atoms with Crippen molar-refractivity contribution in [1.29, 1.82) is 0 Å². The van der Waals surface area contributed by atoms with E-state index in [0.717, 1.165) is 18.2 Å². The van der Waals surface area contributed by atoms with Gasteiger partial charge >= 0.3 is 0 Å². The van der Waals surface area contributed by atoms with Crippen molar-refractivity contribution in [2.75, 3.05) is 18.1 Å². The average Bonchev–Trinajstić information content (AvgIpc) is 3.21. The topological polar surface area (TPSA) is 67.6 Å². The van der Waals surface area contributed by atoms with Crippen LogP contribution in [-0.4, -0.2) is 42.0 Å². The van der Waals surface area contributed by atoms with Gasteiger partial charge in [0.05, 0.1) is 12.2 Å². The minimum absolute atomic E-state index is 0.153. The highest BCUT2D eigenvalue weighted by Gasteiger charge is 2.36. The van der Waals surface area contributed by atoms with E-state index in [4.69, 9.17) is 16.3 Å². The van der Waals surface area contributed by atoms with Gasteiger partial charge in [0.1, 0.15) is 33.8 Å². The van der Waals surface area contributed by atoms with Crippen LogP contribution in [0.3, 0.4) is 0 Å². The van der Waals surface area contributed by atoms with E-state index in [1.807, 2.05) is 0 Å². The smallest absolute Gasteiger partial charge is 0.231 e. The molecule has 0 bridgehead atoms.